The standard InChI is InChI=1S/C21H32N6O2S/c1-2-22-21(27-8-6-25(7-9-27)17-18-5-12-29-24-18)23-16-19(20-4-3-15-30-20)26-10-13-28-14-11-26/h3-5,12,15,19H,2,6-11,13-14,16-17H2,1H3,(H,22,23). The number of nitrogens with zero attached hydrogens (tertiary/aromatic N) is 5. The van der Waals surface area contributed by atoms with Crippen molar-refractivity contribution >= 4 is 17.3 Å². The molecular weight excluding hydrogens is 400 g/mol. The Morgan fingerprint density at radius 2 is 2.03 bits per heavy atom. The Labute approximate surface area is 182 Å². The summed E-state index contributed by atoms with van der Waals surface area (Å²) in [5.74, 6) is 1.02. The van der Waals surface area contributed by atoms with E-state index in [1.165, 1.54) is 4.88 Å². The number of aliphatic imine (C=N–C) groups is 1. The summed E-state index contributed by atoms with van der Waals surface area (Å²) in [7, 11) is 0. The van der Waals surface area contributed by atoms with Gasteiger partial charge in [-0.2, -0.15) is 0 Å². The molecule has 164 valence electrons. The topological polar surface area (TPSA) is 69.4 Å². The third-order valence-corrected chi connectivity index (χ3v) is 6.63. The van der Waals surface area contributed by atoms with Crippen LogP contribution >= 0.6 is 11.3 Å². The smallest absolute Gasteiger partial charge is 0.194 e. The van der Waals surface area contributed by atoms with Crippen molar-refractivity contribution in [3.05, 3.63) is 40.4 Å². The van der Waals surface area contributed by atoms with Crippen molar-refractivity contribution in [1.29, 1.82) is 0 Å². The zero-order valence-electron chi connectivity index (χ0n) is 17.7. The molecule has 0 aliphatic carbocycles. The first-order valence-corrected chi connectivity index (χ1v) is 11.7. The lowest BCUT2D eigenvalue weighted by atomic mass is 10.2. The number of ether oxygens (including phenoxy) is 1. The molecule has 30 heavy (non-hydrogen) atoms. The number of rotatable bonds is 7. The lowest BCUT2D eigenvalue weighted by molar-refractivity contribution is 0.0186. The first kappa shape index (κ1) is 21.3. The maximum absolute atomic E-state index is 5.56. The Morgan fingerprint density at radius 1 is 1.20 bits per heavy atom. The largest absolute Gasteiger partial charge is 0.379 e. The Hall–Kier alpha value is -1.94. The predicted octanol–water partition coefficient (Wildman–Crippen LogP) is 1.89. The third kappa shape index (κ3) is 5.60. The molecule has 0 saturated carbocycles. The van der Waals surface area contributed by atoms with Crippen molar-refractivity contribution in [1.82, 2.24) is 25.2 Å². The van der Waals surface area contributed by atoms with Crippen molar-refractivity contribution < 1.29 is 9.26 Å². The number of hydrogen-bond donors (Lipinski definition) is 1. The molecule has 2 fully saturated rings. The molecule has 0 bridgehead atoms. The summed E-state index contributed by atoms with van der Waals surface area (Å²) in [5, 5.41) is 9.70. The highest BCUT2D eigenvalue weighted by molar-refractivity contribution is 7.10. The number of thiophene rings is 1. The van der Waals surface area contributed by atoms with Crippen LogP contribution in [0.3, 0.4) is 0 Å². The minimum atomic E-state index is 0.316. The van der Waals surface area contributed by atoms with Gasteiger partial charge in [-0.25, -0.2) is 0 Å². The maximum Gasteiger partial charge on any atom is 0.194 e. The van der Waals surface area contributed by atoms with E-state index in [0.29, 0.717) is 6.04 Å². The Morgan fingerprint density at radius 3 is 2.70 bits per heavy atom. The summed E-state index contributed by atoms with van der Waals surface area (Å²) in [5.41, 5.74) is 0.994. The zero-order chi connectivity index (χ0) is 20.6. The first-order chi connectivity index (χ1) is 14.8. The van der Waals surface area contributed by atoms with Gasteiger partial charge < -0.3 is 19.5 Å². The fourth-order valence-electron chi connectivity index (χ4n) is 4.02. The van der Waals surface area contributed by atoms with Crippen LogP contribution in [0.25, 0.3) is 0 Å². The van der Waals surface area contributed by atoms with Crippen molar-refractivity contribution in [2.75, 3.05) is 65.6 Å². The van der Waals surface area contributed by atoms with Gasteiger partial charge >= 0.3 is 0 Å². The van der Waals surface area contributed by atoms with Gasteiger partial charge in [0.2, 0.25) is 0 Å². The van der Waals surface area contributed by atoms with E-state index in [4.69, 9.17) is 14.3 Å². The summed E-state index contributed by atoms with van der Waals surface area (Å²) < 4.78 is 10.5. The molecule has 1 N–H and O–H groups in total. The Kier molecular flexibility index (Phi) is 7.74. The van der Waals surface area contributed by atoms with Gasteiger partial charge in [-0.05, 0) is 18.4 Å². The molecule has 9 heteroatoms. The second-order valence-corrected chi connectivity index (χ2v) is 8.61. The number of hydrogen-bond acceptors (Lipinski definition) is 7. The fraction of sp³-hybridized carbons (Fsp3) is 0.619. The minimum absolute atomic E-state index is 0.316. The number of morpholine rings is 1. The van der Waals surface area contributed by atoms with Crippen LogP contribution < -0.4 is 5.32 Å². The van der Waals surface area contributed by atoms with Gasteiger partial charge in [0.25, 0.3) is 0 Å². The maximum atomic E-state index is 5.56. The lowest BCUT2D eigenvalue weighted by Gasteiger charge is -2.37. The SMILES string of the molecule is CCNC(=NCC(c1cccs1)N1CCOCC1)N1CCN(Cc2ccon2)CC1. The summed E-state index contributed by atoms with van der Waals surface area (Å²) in [6.07, 6.45) is 1.64. The third-order valence-electron chi connectivity index (χ3n) is 5.66. The van der Waals surface area contributed by atoms with Gasteiger partial charge in [-0.3, -0.25) is 14.8 Å². The predicted molar refractivity (Wildman–Crippen MR) is 119 cm³/mol. The number of guanidine groups is 1. The monoisotopic (exact) mass is 432 g/mol. The summed E-state index contributed by atoms with van der Waals surface area (Å²) in [6.45, 7) is 12.1. The molecular formula is C21H32N6O2S. The van der Waals surface area contributed by atoms with Crippen molar-refractivity contribution in [2.24, 2.45) is 4.99 Å². The fourth-order valence-corrected chi connectivity index (χ4v) is 4.87. The van der Waals surface area contributed by atoms with Crippen LogP contribution in [0.2, 0.25) is 0 Å². The van der Waals surface area contributed by atoms with Gasteiger partial charge in [0.15, 0.2) is 5.96 Å². The van der Waals surface area contributed by atoms with E-state index in [2.05, 4.69) is 49.6 Å². The highest BCUT2D eigenvalue weighted by Gasteiger charge is 2.25. The van der Waals surface area contributed by atoms with E-state index in [0.717, 1.165) is 83.8 Å². The molecule has 0 amide bonds. The highest BCUT2D eigenvalue weighted by Crippen LogP contribution is 2.26. The average molecular weight is 433 g/mol. The number of aromatic nitrogens is 1. The summed E-state index contributed by atoms with van der Waals surface area (Å²) in [6, 6.07) is 6.62. The van der Waals surface area contributed by atoms with Gasteiger partial charge in [-0.15, -0.1) is 11.3 Å². The first-order valence-electron chi connectivity index (χ1n) is 10.8. The molecule has 4 rings (SSSR count). The van der Waals surface area contributed by atoms with Crippen molar-refractivity contribution in [3.8, 4) is 0 Å². The van der Waals surface area contributed by atoms with Gasteiger partial charge in [0.1, 0.15) is 6.26 Å². The van der Waals surface area contributed by atoms with E-state index in [9.17, 15) is 0 Å². The van der Waals surface area contributed by atoms with E-state index in [-0.39, 0.29) is 0 Å². The van der Waals surface area contributed by atoms with Crippen LogP contribution in [0.1, 0.15) is 23.5 Å². The number of nitrogens with one attached hydrogen (secondary N) is 1. The van der Waals surface area contributed by atoms with Gasteiger partial charge in [-0.1, -0.05) is 11.2 Å². The molecule has 0 aromatic carbocycles. The molecule has 8 nitrogen and oxygen atoms in total. The van der Waals surface area contributed by atoms with E-state index in [1.807, 2.05) is 17.4 Å². The summed E-state index contributed by atoms with van der Waals surface area (Å²) >= 11 is 1.82. The molecule has 1 unspecified atom stereocenters. The van der Waals surface area contributed by atoms with Crippen LogP contribution in [-0.2, 0) is 11.3 Å². The molecule has 0 spiro atoms. The molecule has 2 aromatic heterocycles. The van der Waals surface area contributed by atoms with Crippen LogP contribution in [0, 0.1) is 0 Å². The molecule has 2 aromatic rings. The Bertz CT molecular complexity index is 753. The van der Waals surface area contributed by atoms with Crippen LogP contribution in [-0.4, -0.2) is 91.4 Å². The molecule has 4 heterocycles. The van der Waals surface area contributed by atoms with Gasteiger partial charge in [0, 0.05) is 63.3 Å². The molecule has 2 saturated heterocycles. The van der Waals surface area contributed by atoms with E-state index < -0.39 is 0 Å². The minimum Gasteiger partial charge on any atom is -0.379 e. The second kappa shape index (κ2) is 10.9. The normalized spacial score (nSPS) is 20.4. The molecule has 2 aliphatic heterocycles. The van der Waals surface area contributed by atoms with Crippen LogP contribution in [0.15, 0.2) is 39.4 Å². The zero-order valence-corrected chi connectivity index (χ0v) is 18.5. The average Bonchev–Trinajstić information content (AvgIpc) is 3.49. The highest BCUT2D eigenvalue weighted by atomic mass is 32.1. The molecule has 2 aliphatic rings. The second-order valence-electron chi connectivity index (χ2n) is 7.63. The quantitative estimate of drug-likeness (QED) is 0.529. The van der Waals surface area contributed by atoms with Crippen LogP contribution in [0.5, 0.6) is 0 Å². The van der Waals surface area contributed by atoms with Crippen molar-refractivity contribution in [2.45, 2.75) is 19.5 Å². The van der Waals surface area contributed by atoms with E-state index >= 15 is 0 Å². The van der Waals surface area contributed by atoms with E-state index in [1.54, 1.807) is 6.26 Å². The Balaban J connectivity index is 1.38. The van der Waals surface area contributed by atoms with Crippen LogP contribution in [0.4, 0.5) is 0 Å². The van der Waals surface area contributed by atoms with Crippen molar-refractivity contribution in [3.63, 3.8) is 0 Å². The molecule has 1 atom stereocenters. The molecule has 0 radical (unpaired) electrons. The van der Waals surface area contributed by atoms with Gasteiger partial charge in [0.05, 0.1) is 31.5 Å². The lowest BCUT2D eigenvalue weighted by Crippen LogP contribution is -2.52. The summed E-state index contributed by atoms with van der Waals surface area (Å²) in [4.78, 5) is 13.8. The number of piperazine rings is 1.